The minimum atomic E-state index is -0.950. The molecule has 2 atom stereocenters. The van der Waals surface area contributed by atoms with Crippen LogP contribution in [0.1, 0.15) is 40.5 Å². The van der Waals surface area contributed by atoms with E-state index in [-0.39, 0.29) is 39.3 Å². The molecule has 0 aromatic rings. The summed E-state index contributed by atoms with van der Waals surface area (Å²) in [5.74, 6) is -2.40. The third-order valence-corrected chi connectivity index (χ3v) is 1.98. The number of hydrogen-bond acceptors (Lipinski definition) is 10. The van der Waals surface area contributed by atoms with E-state index >= 15 is 0 Å². The van der Waals surface area contributed by atoms with Crippen LogP contribution in [-0.4, -0.2) is 93.2 Å². The van der Waals surface area contributed by atoms with Gasteiger partial charge in [-0.25, -0.2) is 0 Å². The third-order valence-electron chi connectivity index (χ3n) is 1.98. The number of aliphatic hydroxyl groups is 4. The Morgan fingerprint density at radius 3 is 1.04 bits per heavy atom. The molecule has 0 aliphatic rings. The van der Waals surface area contributed by atoms with Gasteiger partial charge in [0.15, 0.2) is 0 Å². The fourth-order valence-corrected chi connectivity index (χ4v) is 0.533. The van der Waals surface area contributed by atoms with Crippen molar-refractivity contribution in [3.05, 3.63) is 0 Å². The van der Waals surface area contributed by atoms with Crippen molar-refractivity contribution in [3.8, 4) is 0 Å². The summed E-state index contributed by atoms with van der Waals surface area (Å²) < 4.78 is 8.69. The summed E-state index contributed by atoms with van der Waals surface area (Å²) in [6.07, 6.45) is -1.46. The maximum atomic E-state index is 10.0. The zero-order valence-corrected chi connectivity index (χ0v) is 16.5. The minimum absolute atomic E-state index is 0.133. The van der Waals surface area contributed by atoms with E-state index in [1.54, 1.807) is 13.8 Å². The first-order valence-corrected chi connectivity index (χ1v) is 8.15. The van der Waals surface area contributed by atoms with Crippen molar-refractivity contribution in [2.45, 2.75) is 52.7 Å². The average molecular weight is 416 g/mol. The Kier molecular flexibility index (Phi) is 29.4. The van der Waals surface area contributed by atoms with Crippen LogP contribution in [0.3, 0.4) is 0 Å². The predicted octanol–water partition coefficient (Wildman–Crippen LogP) is -1.23. The number of esters is 2. The lowest BCUT2D eigenvalue weighted by atomic mass is 10.4. The summed E-state index contributed by atoms with van der Waals surface area (Å²) in [6.45, 7) is 4.65. The van der Waals surface area contributed by atoms with E-state index in [9.17, 15) is 19.2 Å². The SMILES string of the molecule is CC(=O)OCC(O)CO.CC(=O)OCC(O)CO.CCC(=O)O.CCC(=O)O. The van der Waals surface area contributed by atoms with Gasteiger partial charge in [-0.1, -0.05) is 13.8 Å². The number of rotatable bonds is 8. The van der Waals surface area contributed by atoms with Gasteiger partial charge in [-0.15, -0.1) is 0 Å². The highest BCUT2D eigenvalue weighted by molar-refractivity contribution is 5.66. The molecule has 0 fully saturated rings. The van der Waals surface area contributed by atoms with Crippen LogP contribution in [0.25, 0.3) is 0 Å². The fourth-order valence-electron chi connectivity index (χ4n) is 0.533. The molecule has 2 unspecified atom stereocenters. The van der Waals surface area contributed by atoms with Gasteiger partial charge < -0.3 is 40.1 Å². The number of aliphatic carboxylic acids is 2. The van der Waals surface area contributed by atoms with Crippen molar-refractivity contribution >= 4 is 23.9 Å². The highest BCUT2D eigenvalue weighted by atomic mass is 16.5. The first-order valence-electron chi connectivity index (χ1n) is 8.15. The topological polar surface area (TPSA) is 208 Å². The first kappa shape index (κ1) is 33.3. The predicted molar refractivity (Wildman–Crippen MR) is 95.3 cm³/mol. The lowest BCUT2D eigenvalue weighted by molar-refractivity contribution is -0.145. The van der Waals surface area contributed by atoms with Gasteiger partial charge in [-0.2, -0.15) is 0 Å². The Morgan fingerprint density at radius 2 is 0.929 bits per heavy atom. The van der Waals surface area contributed by atoms with E-state index in [4.69, 9.17) is 30.6 Å². The summed E-state index contributed by atoms with van der Waals surface area (Å²) in [4.78, 5) is 38.8. The van der Waals surface area contributed by atoms with Crippen molar-refractivity contribution in [1.29, 1.82) is 0 Å². The highest BCUT2D eigenvalue weighted by Crippen LogP contribution is 1.83. The number of hydrogen-bond donors (Lipinski definition) is 6. The van der Waals surface area contributed by atoms with Crippen LogP contribution < -0.4 is 0 Å². The maximum absolute atomic E-state index is 10.0. The molecule has 28 heavy (non-hydrogen) atoms. The number of aliphatic hydroxyl groups excluding tert-OH is 4. The van der Waals surface area contributed by atoms with Crippen molar-refractivity contribution in [2.75, 3.05) is 26.4 Å². The van der Waals surface area contributed by atoms with Gasteiger partial charge in [-0.3, -0.25) is 19.2 Å². The molecule has 0 aliphatic carbocycles. The molecule has 0 aromatic carbocycles. The fraction of sp³-hybridized carbons (Fsp3) is 0.750. The molecule has 0 rings (SSSR count). The van der Waals surface area contributed by atoms with E-state index in [1.165, 1.54) is 13.8 Å². The standard InChI is InChI=1S/2C5H10O4.2C3H6O2/c2*1-4(7)9-3-5(8)2-6;2*1-2-3(4)5/h2*5-6,8H,2-3H2,1H3;2*2H2,1H3,(H,4,5). The molecule has 12 nitrogen and oxygen atoms in total. The molecule has 0 bridgehead atoms. The van der Waals surface area contributed by atoms with Crippen LogP contribution in [0, 0.1) is 0 Å². The summed E-state index contributed by atoms with van der Waals surface area (Å²) in [6, 6.07) is 0. The average Bonchev–Trinajstić information content (AvgIpc) is 2.65. The normalized spacial score (nSPS) is 10.9. The van der Waals surface area contributed by atoms with Crippen molar-refractivity contribution in [1.82, 2.24) is 0 Å². The van der Waals surface area contributed by atoms with Crippen molar-refractivity contribution < 1.29 is 59.3 Å². The minimum Gasteiger partial charge on any atom is -0.481 e. The second kappa shape index (κ2) is 24.7. The Balaban J connectivity index is -0.000000143. The Morgan fingerprint density at radius 1 is 0.714 bits per heavy atom. The molecule has 0 amide bonds. The van der Waals surface area contributed by atoms with E-state index in [2.05, 4.69) is 9.47 Å². The summed E-state index contributed by atoms with van der Waals surface area (Å²) in [7, 11) is 0. The molecule has 0 aliphatic heterocycles. The zero-order valence-electron chi connectivity index (χ0n) is 16.5. The van der Waals surface area contributed by atoms with Crippen LogP contribution in [0.15, 0.2) is 0 Å². The van der Waals surface area contributed by atoms with Gasteiger partial charge in [0, 0.05) is 26.7 Å². The maximum Gasteiger partial charge on any atom is 0.303 e. The monoisotopic (exact) mass is 416 g/mol. The van der Waals surface area contributed by atoms with E-state index in [1.807, 2.05) is 0 Å². The second-order valence-corrected chi connectivity index (χ2v) is 4.77. The van der Waals surface area contributed by atoms with Crippen molar-refractivity contribution in [3.63, 3.8) is 0 Å². The molecule has 0 aromatic heterocycles. The smallest absolute Gasteiger partial charge is 0.303 e. The lowest BCUT2D eigenvalue weighted by Crippen LogP contribution is -2.20. The summed E-state index contributed by atoms with van der Waals surface area (Å²) in [5, 5.41) is 49.0. The number of ether oxygens (including phenoxy) is 2. The molecule has 6 N–H and O–H groups in total. The van der Waals surface area contributed by atoms with Gasteiger partial charge in [-0.05, 0) is 0 Å². The van der Waals surface area contributed by atoms with Gasteiger partial charge in [0.25, 0.3) is 0 Å². The Labute approximate surface area is 163 Å². The van der Waals surface area contributed by atoms with E-state index in [0.717, 1.165) is 0 Å². The molecule has 0 saturated heterocycles. The van der Waals surface area contributed by atoms with Crippen molar-refractivity contribution in [2.24, 2.45) is 0 Å². The highest BCUT2D eigenvalue weighted by Gasteiger charge is 2.02. The number of carbonyl (C=O) groups excluding carboxylic acids is 2. The Hall–Kier alpha value is -2.28. The molecule has 0 saturated carbocycles. The summed E-state index contributed by atoms with van der Waals surface area (Å²) >= 11 is 0. The number of carbonyl (C=O) groups is 4. The number of carboxylic acids is 2. The van der Waals surface area contributed by atoms with Crippen LogP contribution in [0.4, 0.5) is 0 Å². The van der Waals surface area contributed by atoms with Crippen LogP contribution >= 0.6 is 0 Å². The molecule has 168 valence electrons. The molecule has 0 heterocycles. The molecule has 0 spiro atoms. The first-order chi connectivity index (χ1) is 12.9. The van der Waals surface area contributed by atoms with Gasteiger partial charge in [0.05, 0.1) is 13.2 Å². The van der Waals surface area contributed by atoms with E-state index < -0.39 is 36.1 Å². The van der Waals surface area contributed by atoms with E-state index in [0.29, 0.717) is 0 Å². The number of carboxylic acid groups (broad SMARTS) is 2. The molecular formula is C16H32O12. The summed E-state index contributed by atoms with van der Waals surface area (Å²) in [5.41, 5.74) is 0. The largest absolute Gasteiger partial charge is 0.481 e. The van der Waals surface area contributed by atoms with Gasteiger partial charge in [0.1, 0.15) is 25.4 Å². The second-order valence-electron chi connectivity index (χ2n) is 4.77. The molecule has 0 radical (unpaired) electrons. The molecule has 12 heteroatoms. The van der Waals surface area contributed by atoms with Gasteiger partial charge in [0.2, 0.25) is 0 Å². The Bertz CT molecular complexity index is 372. The third kappa shape index (κ3) is 49.5. The zero-order chi connectivity index (χ0) is 23.1. The van der Waals surface area contributed by atoms with Gasteiger partial charge >= 0.3 is 23.9 Å². The lowest BCUT2D eigenvalue weighted by Gasteiger charge is -2.05. The van der Waals surface area contributed by atoms with Crippen LogP contribution in [0.2, 0.25) is 0 Å². The van der Waals surface area contributed by atoms with Crippen LogP contribution in [-0.2, 0) is 28.7 Å². The molecular weight excluding hydrogens is 384 g/mol. The van der Waals surface area contributed by atoms with Crippen LogP contribution in [0.5, 0.6) is 0 Å². The quantitative estimate of drug-likeness (QED) is 0.257.